The second-order valence-corrected chi connectivity index (χ2v) is 4.91. The molecule has 0 aromatic carbocycles. The zero-order chi connectivity index (χ0) is 12.1. The molecule has 0 heterocycles. The molecule has 2 heteroatoms. The second kappa shape index (κ2) is 13.0. The topological polar surface area (TPSA) is 38.0 Å². The van der Waals surface area contributed by atoms with Gasteiger partial charge < -0.3 is 11.1 Å². The Kier molecular flexibility index (Phi) is 12.9. The van der Waals surface area contributed by atoms with E-state index in [0.717, 1.165) is 19.5 Å². The number of nitrogens with one attached hydrogen (secondary N) is 1. The van der Waals surface area contributed by atoms with Crippen molar-refractivity contribution in [2.45, 2.75) is 77.7 Å². The molecule has 1 unspecified atom stereocenters. The minimum absolute atomic E-state index is 0.669. The monoisotopic (exact) mass is 228 g/mol. The molecule has 0 aliphatic carbocycles. The maximum atomic E-state index is 5.45. The lowest BCUT2D eigenvalue weighted by Crippen LogP contribution is -2.28. The Morgan fingerprint density at radius 1 is 0.938 bits per heavy atom. The lowest BCUT2D eigenvalue weighted by Gasteiger charge is -2.13. The average molecular weight is 228 g/mol. The highest BCUT2D eigenvalue weighted by molar-refractivity contribution is 4.60. The van der Waals surface area contributed by atoms with Crippen LogP contribution in [-0.4, -0.2) is 19.1 Å². The molecule has 0 fully saturated rings. The van der Waals surface area contributed by atoms with E-state index in [1.165, 1.54) is 51.4 Å². The zero-order valence-corrected chi connectivity index (χ0v) is 11.4. The van der Waals surface area contributed by atoms with Gasteiger partial charge in [-0.2, -0.15) is 0 Å². The van der Waals surface area contributed by atoms with Crippen molar-refractivity contribution in [1.29, 1.82) is 0 Å². The molecular formula is C14H32N2. The zero-order valence-electron chi connectivity index (χ0n) is 11.4. The van der Waals surface area contributed by atoms with Crippen molar-refractivity contribution in [3.05, 3.63) is 0 Å². The molecule has 0 saturated heterocycles. The van der Waals surface area contributed by atoms with Gasteiger partial charge in [-0.15, -0.1) is 0 Å². The van der Waals surface area contributed by atoms with Crippen molar-refractivity contribution in [2.75, 3.05) is 13.1 Å². The molecule has 0 aliphatic rings. The number of hydrogen-bond acceptors (Lipinski definition) is 2. The van der Waals surface area contributed by atoms with Gasteiger partial charge in [0.05, 0.1) is 0 Å². The summed E-state index contributed by atoms with van der Waals surface area (Å²) >= 11 is 0. The fourth-order valence-electron chi connectivity index (χ4n) is 1.96. The standard InChI is InChI=1S/C14H32N2/c1-3-4-5-6-7-8-9-11-14(2)16-13-10-12-15/h14,16H,3-13,15H2,1-2H3. The van der Waals surface area contributed by atoms with E-state index in [2.05, 4.69) is 19.2 Å². The van der Waals surface area contributed by atoms with Gasteiger partial charge in [-0.3, -0.25) is 0 Å². The van der Waals surface area contributed by atoms with Gasteiger partial charge in [-0.1, -0.05) is 51.9 Å². The molecule has 3 N–H and O–H groups in total. The Labute approximate surface area is 102 Å². The van der Waals surface area contributed by atoms with Crippen LogP contribution in [0.1, 0.15) is 71.6 Å². The Balaban J connectivity index is 3.06. The summed E-state index contributed by atoms with van der Waals surface area (Å²) < 4.78 is 0. The SMILES string of the molecule is CCCCCCCCCC(C)NCCCN. The van der Waals surface area contributed by atoms with Crippen molar-refractivity contribution in [2.24, 2.45) is 5.73 Å². The predicted molar refractivity (Wildman–Crippen MR) is 73.7 cm³/mol. The van der Waals surface area contributed by atoms with E-state index in [-0.39, 0.29) is 0 Å². The highest BCUT2D eigenvalue weighted by Crippen LogP contribution is 2.09. The summed E-state index contributed by atoms with van der Waals surface area (Å²) in [5, 5.41) is 3.51. The Bertz CT molecular complexity index is 126. The number of nitrogens with two attached hydrogens (primary N) is 1. The van der Waals surface area contributed by atoms with Gasteiger partial charge in [0.2, 0.25) is 0 Å². The first-order valence-electron chi connectivity index (χ1n) is 7.24. The minimum atomic E-state index is 0.669. The minimum Gasteiger partial charge on any atom is -0.330 e. The average Bonchev–Trinajstić information content (AvgIpc) is 2.28. The summed E-state index contributed by atoms with van der Waals surface area (Å²) in [5.74, 6) is 0. The van der Waals surface area contributed by atoms with Crippen molar-refractivity contribution < 1.29 is 0 Å². The molecule has 98 valence electrons. The van der Waals surface area contributed by atoms with Crippen LogP contribution < -0.4 is 11.1 Å². The van der Waals surface area contributed by atoms with Crippen LogP contribution in [0.25, 0.3) is 0 Å². The Morgan fingerprint density at radius 2 is 1.56 bits per heavy atom. The molecule has 1 atom stereocenters. The van der Waals surface area contributed by atoms with Gasteiger partial charge in [0, 0.05) is 6.04 Å². The number of hydrogen-bond donors (Lipinski definition) is 2. The van der Waals surface area contributed by atoms with Crippen molar-refractivity contribution in [1.82, 2.24) is 5.32 Å². The van der Waals surface area contributed by atoms with Gasteiger partial charge >= 0.3 is 0 Å². The largest absolute Gasteiger partial charge is 0.330 e. The van der Waals surface area contributed by atoms with Crippen LogP contribution >= 0.6 is 0 Å². The molecule has 0 rings (SSSR count). The highest BCUT2D eigenvalue weighted by Gasteiger charge is 1.99. The van der Waals surface area contributed by atoms with Crippen LogP contribution in [0.15, 0.2) is 0 Å². The molecule has 0 aromatic heterocycles. The maximum absolute atomic E-state index is 5.45. The summed E-state index contributed by atoms with van der Waals surface area (Å²) in [6, 6.07) is 0.669. The van der Waals surface area contributed by atoms with Gasteiger partial charge in [-0.25, -0.2) is 0 Å². The summed E-state index contributed by atoms with van der Waals surface area (Å²) in [6.07, 6.45) is 12.3. The van der Waals surface area contributed by atoms with E-state index in [4.69, 9.17) is 5.73 Å². The third-order valence-electron chi connectivity index (χ3n) is 3.11. The van der Waals surface area contributed by atoms with E-state index < -0.39 is 0 Å². The number of rotatable bonds is 12. The molecule has 0 amide bonds. The second-order valence-electron chi connectivity index (χ2n) is 4.91. The molecule has 0 aliphatic heterocycles. The fourth-order valence-corrected chi connectivity index (χ4v) is 1.96. The first kappa shape index (κ1) is 15.9. The van der Waals surface area contributed by atoms with Crippen LogP contribution in [0.2, 0.25) is 0 Å². The lowest BCUT2D eigenvalue weighted by molar-refractivity contribution is 0.475. The van der Waals surface area contributed by atoms with Crippen LogP contribution in [0.3, 0.4) is 0 Å². The summed E-state index contributed by atoms with van der Waals surface area (Å²) in [6.45, 7) is 6.44. The molecule has 0 aromatic rings. The normalized spacial score (nSPS) is 12.9. The van der Waals surface area contributed by atoms with Crippen LogP contribution in [0.4, 0.5) is 0 Å². The van der Waals surface area contributed by atoms with Crippen molar-refractivity contribution in [3.63, 3.8) is 0 Å². The molecule has 16 heavy (non-hydrogen) atoms. The lowest BCUT2D eigenvalue weighted by atomic mass is 10.1. The third kappa shape index (κ3) is 12.0. The van der Waals surface area contributed by atoms with Crippen molar-refractivity contribution >= 4 is 0 Å². The number of unbranched alkanes of at least 4 members (excludes halogenated alkanes) is 6. The fraction of sp³-hybridized carbons (Fsp3) is 1.00. The van der Waals surface area contributed by atoms with Gasteiger partial charge in [0.25, 0.3) is 0 Å². The van der Waals surface area contributed by atoms with Crippen LogP contribution in [0, 0.1) is 0 Å². The predicted octanol–water partition coefficient (Wildman–Crippen LogP) is 3.45. The van der Waals surface area contributed by atoms with Crippen LogP contribution in [-0.2, 0) is 0 Å². The van der Waals surface area contributed by atoms with Crippen molar-refractivity contribution in [3.8, 4) is 0 Å². The summed E-state index contributed by atoms with van der Waals surface area (Å²) in [4.78, 5) is 0. The van der Waals surface area contributed by atoms with E-state index in [9.17, 15) is 0 Å². The molecule has 0 spiro atoms. The van der Waals surface area contributed by atoms with E-state index in [1.807, 2.05) is 0 Å². The summed E-state index contributed by atoms with van der Waals surface area (Å²) in [7, 11) is 0. The highest BCUT2D eigenvalue weighted by atomic mass is 14.9. The van der Waals surface area contributed by atoms with E-state index in [0.29, 0.717) is 6.04 Å². The Morgan fingerprint density at radius 3 is 2.19 bits per heavy atom. The van der Waals surface area contributed by atoms with E-state index >= 15 is 0 Å². The first-order valence-corrected chi connectivity index (χ1v) is 7.24. The smallest absolute Gasteiger partial charge is 0.00387 e. The maximum Gasteiger partial charge on any atom is 0.00387 e. The first-order chi connectivity index (χ1) is 7.81. The molecule has 0 radical (unpaired) electrons. The quantitative estimate of drug-likeness (QED) is 0.502. The van der Waals surface area contributed by atoms with Gasteiger partial charge in [-0.05, 0) is 32.9 Å². The third-order valence-corrected chi connectivity index (χ3v) is 3.11. The van der Waals surface area contributed by atoms with Gasteiger partial charge in [0.1, 0.15) is 0 Å². The Hall–Kier alpha value is -0.0800. The van der Waals surface area contributed by atoms with Gasteiger partial charge in [0.15, 0.2) is 0 Å². The van der Waals surface area contributed by atoms with E-state index in [1.54, 1.807) is 0 Å². The molecule has 0 bridgehead atoms. The van der Waals surface area contributed by atoms with Crippen LogP contribution in [0.5, 0.6) is 0 Å². The molecular weight excluding hydrogens is 196 g/mol. The molecule has 0 saturated carbocycles. The molecule has 2 nitrogen and oxygen atoms in total. The summed E-state index contributed by atoms with van der Waals surface area (Å²) in [5.41, 5.74) is 5.45.